The van der Waals surface area contributed by atoms with Crippen LogP contribution >= 0.6 is 23.2 Å². The van der Waals surface area contributed by atoms with Crippen LogP contribution in [0.25, 0.3) is 0 Å². The van der Waals surface area contributed by atoms with Crippen molar-refractivity contribution < 1.29 is 19.1 Å². The quantitative estimate of drug-likeness (QED) is 0.538. The second-order valence-corrected chi connectivity index (χ2v) is 8.45. The molecule has 0 spiro atoms. The van der Waals surface area contributed by atoms with E-state index in [0.717, 1.165) is 0 Å². The normalized spacial score (nSPS) is 15.9. The number of hydrogen-bond donors (Lipinski definition) is 3. The van der Waals surface area contributed by atoms with Crippen molar-refractivity contribution in [3.05, 3.63) is 58.3 Å². The lowest BCUT2D eigenvalue weighted by atomic mass is 10.2. The fraction of sp³-hybridized carbons (Fsp3) is 0.364. The van der Waals surface area contributed by atoms with E-state index in [-0.39, 0.29) is 24.6 Å². The predicted molar refractivity (Wildman–Crippen MR) is 124 cm³/mol. The maximum atomic E-state index is 13.6. The van der Waals surface area contributed by atoms with Crippen LogP contribution in [0, 0.1) is 5.82 Å². The van der Waals surface area contributed by atoms with Crippen molar-refractivity contribution >= 4 is 46.4 Å². The molecule has 3 rings (SSSR count). The molecule has 10 heteroatoms. The van der Waals surface area contributed by atoms with E-state index in [4.69, 9.17) is 23.2 Å². The first kappa shape index (κ1) is 24.4. The average Bonchev–Trinajstić information content (AvgIpc) is 2.74. The molecule has 0 aromatic heterocycles. The Morgan fingerprint density at radius 1 is 0.969 bits per heavy atom. The number of carbonyl (C=O) groups is 2. The number of nitrogens with one attached hydrogen (secondary N) is 2. The number of para-hydroxylation sites is 1. The molecule has 0 saturated carbocycles. The molecule has 0 aliphatic carbocycles. The zero-order valence-electron chi connectivity index (χ0n) is 17.4. The number of nitrogens with zero attached hydrogens (tertiary/aromatic N) is 2. The standard InChI is InChI=1S/C22H25Cl2FN4O3/c23-17-6-5-15(11-18(17)24)26-22(32)14-29-9-7-28(8-10-29)13-16(30)12-21(31)27-20-4-2-1-3-19(20)25/h1-6,11,16,30H,7-10,12-14H2,(H,26,32)(H,27,31). The lowest BCUT2D eigenvalue weighted by Crippen LogP contribution is -2.50. The lowest BCUT2D eigenvalue weighted by molar-refractivity contribution is -0.119. The molecule has 1 atom stereocenters. The Labute approximate surface area is 196 Å². The van der Waals surface area contributed by atoms with Gasteiger partial charge < -0.3 is 15.7 Å². The van der Waals surface area contributed by atoms with Crippen LogP contribution < -0.4 is 10.6 Å². The van der Waals surface area contributed by atoms with Gasteiger partial charge in [0.1, 0.15) is 5.82 Å². The number of benzene rings is 2. The molecule has 1 aliphatic heterocycles. The third kappa shape index (κ3) is 7.43. The Bertz CT molecular complexity index is 955. The van der Waals surface area contributed by atoms with Crippen molar-refractivity contribution in [1.29, 1.82) is 0 Å². The van der Waals surface area contributed by atoms with E-state index in [1.807, 2.05) is 9.80 Å². The predicted octanol–water partition coefficient (Wildman–Crippen LogP) is 3.08. The number of aliphatic hydroxyl groups is 1. The topological polar surface area (TPSA) is 84.9 Å². The van der Waals surface area contributed by atoms with Gasteiger partial charge in [0.05, 0.1) is 34.8 Å². The third-order valence-corrected chi connectivity index (χ3v) is 5.81. The van der Waals surface area contributed by atoms with Gasteiger partial charge in [-0.2, -0.15) is 0 Å². The van der Waals surface area contributed by atoms with Crippen LogP contribution in [0.5, 0.6) is 0 Å². The van der Waals surface area contributed by atoms with Gasteiger partial charge in [0.15, 0.2) is 0 Å². The Kier molecular flexibility index (Phi) is 8.84. The van der Waals surface area contributed by atoms with E-state index in [9.17, 15) is 19.1 Å². The van der Waals surface area contributed by atoms with Gasteiger partial charge in [-0.3, -0.25) is 19.4 Å². The smallest absolute Gasteiger partial charge is 0.238 e. The third-order valence-electron chi connectivity index (χ3n) is 5.07. The highest BCUT2D eigenvalue weighted by Crippen LogP contribution is 2.25. The van der Waals surface area contributed by atoms with Gasteiger partial charge >= 0.3 is 0 Å². The zero-order chi connectivity index (χ0) is 23.1. The summed E-state index contributed by atoms with van der Waals surface area (Å²) in [6, 6.07) is 10.8. The molecule has 1 fully saturated rings. The first-order valence-electron chi connectivity index (χ1n) is 10.2. The number of β-amino-alcohol motifs (C(OH)–C–C–N with tert-alkyl or cyclic N) is 1. The maximum Gasteiger partial charge on any atom is 0.238 e. The number of amides is 2. The minimum absolute atomic E-state index is 0.0949. The summed E-state index contributed by atoms with van der Waals surface area (Å²) in [6.45, 7) is 3.19. The molecule has 2 aromatic rings. The highest BCUT2D eigenvalue weighted by atomic mass is 35.5. The van der Waals surface area contributed by atoms with Gasteiger partial charge in [-0.15, -0.1) is 0 Å². The number of rotatable bonds is 8. The maximum absolute atomic E-state index is 13.6. The van der Waals surface area contributed by atoms with E-state index in [2.05, 4.69) is 10.6 Å². The minimum atomic E-state index is -0.869. The van der Waals surface area contributed by atoms with E-state index >= 15 is 0 Å². The molecule has 2 aromatic carbocycles. The molecular formula is C22H25Cl2FN4O3. The number of aliphatic hydroxyl groups excluding tert-OH is 1. The van der Waals surface area contributed by atoms with Crippen LogP contribution in [0.2, 0.25) is 10.0 Å². The Hall–Kier alpha value is -2.23. The fourth-order valence-corrected chi connectivity index (χ4v) is 3.75. The van der Waals surface area contributed by atoms with Gasteiger partial charge in [0.2, 0.25) is 11.8 Å². The first-order chi connectivity index (χ1) is 15.3. The molecule has 1 unspecified atom stereocenters. The molecule has 172 valence electrons. The van der Waals surface area contributed by atoms with Crippen molar-refractivity contribution in [1.82, 2.24) is 9.80 Å². The molecular weight excluding hydrogens is 458 g/mol. The van der Waals surface area contributed by atoms with Crippen LogP contribution in [0.15, 0.2) is 42.5 Å². The summed E-state index contributed by atoms with van der Waals surface area (Å²) in [7, 11) is 0. The Morgan fingerprint density at radius 3 is 2.34 bits per heavy atom. The minimum Gasteiger partial charge on any atom is -0.391 e. The number of halogens is 3. The number of hydrogen-bond acceptors (Lipinski definition) is 5. The summed E-state index contributed by atoms with van der Waals surface area (Å²) in [5, 5.41) is 16.3. The molecule has 32 heavy (non-hydrogen) atoms. The van der Waals surface area contributed by atoms with Gasteiger partial charge in [-0.1, -0.05) is 35.3 Å². The zero-order valence-corrected chi connectivity index (χ0v) is 18.9. The number of carbonyl (C=O) groups excluding carboxylic acids is 2. The Balaban J connectivity index is 1.36. The van der Waals surface area contributed by atoms with E-state index in [1.165, 1.54) is 18.2 Å². The summed E-state index contributed by atoms with van der Waals surface area (Å²) in [5.41, 5.74) is 0.678. The molecule has 2 amide bonds. The summed E-state index contributed by atoms with van der Waals surface area (Å²) in [4.78, 5) is 28.4. The van der Waals surface area contributed by atoms with Crippen LogP contribution in [0.3, 0.4) is 0 Å². The summed E-state index contributed by atoms with van der Waals surface area (Å²) < 4.78 is 13.6. The van der Waals surface area contributed by atoms with Crippen molar-refractivity contribution in [3.8, 4) is 0 Å². The van der Waals surface area contributed by atoms with Gasteiger partial charge in [-0.05, 0) is 30.3 Å². The van der Waals surface area contributed by atoms with Gasteiger partial charge in [-0.25, -0.2) is 4.39 Å². The number of anilines is 2. The van der Waals surface area contributed by atoms with Crippen LogP contribution in [-0.4, -0.2) is 72.1 Å². The molecule has 7 nitrogen and oxygen atoms in total. The Morgan fingerprint density at radius 2 is 1.66 bits per heavy atom. The molecule has 3 N–H and O–H groups in total. The molecule has 1 saturated heterocycles. The summed E-state index contributed by atoms with van der Waals surface area (Å²) >= 11 is 11.8. The lowest BCUT2D eigenvalue weighted by Gasteiger charge is -2.35. The van der Waals surface area contributed by atoms with Crippen molar-refractivity contribution in [3.63, 3.8) is 0 Å². The van der Waals surface area contributed by atoms with Crippen LogP contribution in [-0.2, 0) is 9.59 Å². The molecule has 1 aliphatic rings. The largest absolute Gasteiger partial charge is 0.391 e. The van der Waals surface area contributed by atoms with Crippen molar-refractivity contribution in [2.45, 2.75) is 12.5 Å². The van der Waals surface area contributed by atoms with Gasteiger partial charge in [0.25, 0.3) is 0 Å². The van der Waals surface area contributed by atoms with E-state index in [0.29, 0.717) is 48.5 Å². The second kappa shape index (κ2) is 11.6. The highest BCUT2D eigenvalue weighted by molar-refractivity contribution is 6.42. The summed E-state index contributed by atoms with van der Waals surface area (Å²) in [6.07, 6.45) is -0.994. The van der Waals surface area contributed by atoms with Gasteiger partial charge in [0, 0.05) is 38.4 Å². The van der Waals surface area contributed by atoms with Crippen LogP contribution in [0.1, 0.15) is 6.42 Å². The second-order valence-electron chi connectivity index (χ2n) is 7.64. The van der Waals surface area contributed by atoms with E-state index in [1.54, 1.807) is 24.3 Å². The fourth-order valence-electron chi connectivity index (χ4n) is 3.45. The van der Waals surface area contributed by atoms with Crippen molar-refractivity contribution in [2.24, 2.45) is 0 Å². The molecule has 0 radical (unpaired) electrons. The van der Waals surface area contributed by atoms with Crippen molar-refractivity contribution in [2.75, 3.05) is 49.9 Å². The monoisotopic (exact) mass is 482 g/mol. The first-order valence-corrected chi connectivity index (χ1v) is 11.0. The highest BCUT2D eigenvalue weighted by Gasteiger charge is 2.22. The summed E-state index contributed by atoms with van der Waals surface area (Å²) in [5.74, 6) is -1.11. The van der Waals surface area contributed by atoms with E-state index < -0.39 is 17.8 Å². The average molecular weight is 483 g/mol. The molecule has 0 bridgehead atoms. The molecule has 1 heterocycles. The number of piperazine rings is 1. The SMILES string of the molecule is O=C(CN1CCN(CC(O)CC(=O)Nc2ccccc2F)CC1)Nc1ccc(Cl)c(Cl)c1. The van der Waals surface area contributed by atoms with Crippen LogP contribution in [0.4, 0.5) is 15.8 Å².